The van der Waals surface area contributed by atoms with Crippen LogP contribution < -0.4 is 9.73 Å². The second kappa shape index (κ2) is 10.3. The lowest BCUT2D eigenvalue weighted by molar-refractivity contribution is -0.137. The highest BCUT2D eigenvalue weighted by atomic mass is 35.5. The summed E-state index contributed by atoms with van der Waals surface area (Å²) in [5, 5.41) is 3.52. The van der Waals surface area contributed by atoms with E-state index in [4.69, 9.17) is 11.6 Å². The van der Waals surface area contributed by atoms with Gasteiger partial charge in [0.2, 0.25) is 0 Å². The molecule has 1 N–H and O–H groups in total. The summed E-state index contributed by atoms with van der Waals surface area (Å²) in [6.07, 6.45) is -3.40. The molecule has 3 aromatic rings. The zero-order valence-electron chi connectivity index (χ0n) is 17.8. The average Bonchev–Trinajstić information content (AvgIpc) is 2.79. The van der Waals surface area contributed by atoms with Crippen molar-refractivity contribution < 1.29 is 26.4 Å². The lowest BCUT2D eigenvalue weighted by Gasteiger charge is -2.25. The maximum absolute atomic E-state index is 13.3. The molecule has 3 aromatic carbocycles. The number of hydrogen-bond acceptors (Lipinski definition) is 4. The average molecular weight is 510 g/mol. The number of halogens is 4. The molecule has 0 fully saturated rings. The zero-order chi connectivity index (χ0) is 24.9. The Morgan fingerprint density at radius 2 is 1.71 bits per heavy atom. The molecular weight excluding hydrogens is 491 g/mol. The van der Waals surface area contributed by atoms with Crippen molar-refractivity contribution in [2.75, 3.05) is 10.8 Å². The molecule has 0 radical (unpaired) electrons. The Balaban J connectivity index is 1.94. The van der Waals surface area contributed by atoms with E-state index in [1.165, 1.54) is 30.5 Å². The Kier molecular flexibility index (Phi) is 7.63. The van der Waals surface area contributed by atoms with Gasteiger partial charge in [0.1, 0.15) is 6.54 Å². The SMILES string of the molecule is Cc1ccc(/C=N/NC(=O)CN(c2cc(C(F)(F)F)ccc2Cl)S(=O)(=O)c2ccccc2)cc1. The number of alkyl halides is 3. The van der Waals surface area contributed by atoms with E-state index in [-0.39, 0.29) is 9.92 Å². The van der Waals surface area contributed by atoms with E-state index in [0.717, 1.165) is 17.7 Å². The third-order valence-corrected chi connectivity index (χ3v) is 6.73. The van der Waals surface area contributed by atoms with Gasteiger partial charge in [-0.2, -0.15) is 18.3 Å². The van der Waals surface area contributed by atoms with Gasteiger partial charge < -0.3 is 0 Å². The summed E-state index contributed by atoms with van der Waals surface area (Å²) in [5.41, 5.74) is 2.30. The van der Waals surface area contributed by atoms with Crippen LogP contribution in [0.5, 0.6) is 0 Å². The van der Waals surface area contributed by atoms with Gasteiger partial charge in [0.15, 0.2) is 0 Å². The smallest absolute Gasteiger partial charge is 0.271 e. The molecule has 0 saturated carbocycles. The van der Waals surface area contributed by atoms with E-state index >= 15 is 0 Å². The number of anilines is 1. The van der Waals surface area contributed by atoms with Gasteiger partial charge in [-0.25, -0.2) is 13.8 Å². The second-order valence-electron chi connectivity index (χ2n) is 7.19. The number of hydrazone groups is 1. The summed E-state index contributed by atoms with van der Waals surface area (Å²) >= 11 is 6.08. The van der Waals surface area contributed by atoms with Crippen molar-refractivity contribution in [3.8, 4) is 0 Å². The van der Waals surface area contributed by atoms with Gasteiger partial charge in [-0.3, -0.25) is 9.10 Å². The topological polar surface area (TPSA) is 78.8 Å². The van der Waals surface area contributed by atoms with Crippen molar-refractivity contribution in [3.63, 3.8) is 0 Å². The highest BCUT2D eigenvalue weighted by molar-refractivity contribution is 7.92. The molecule has 11 heteroatoms. The van der Waals surface area contributed by atoms with Crippen LogP contribution in [0, 0.1) is 6.92 Å². The number of hydrogen-bond donors (Lipinski definition) is 1. The highest BCUT2D eigenvalue weighted by Gasteiger charge is 2.34. The number of benzene rings is 3. The van der Waals surface area contributed by atoms with Gasteiger partial charge in [0, 0.05) is 0 Å². The lowest BCUT2D eigenvalue weighted by atomic mass is 10.2. The molecule has 0 heterocycles. The zero-order valence-corrected chi connectivity index (χ0v) is 19.3. The van der Waals surface area contributed by atoms with Crippen LogP contribution in [-0.2, 0) is 21.0 Å². The molecule has 178 valence electrons. The molecule has 0 saturated heterocycles. The van der Waals surface area contributed by atoms with Crippen molar-refractivity contribution in [3.05, 3.63) is 94.5 Å². The molecule has 0 bridgehead atoms. The van der Waals surface area contributed by atoms with Crippen molar-refractivity contribution in [2.45, 2.75) is 18.0 Å². The number of nitrogens with one attached hydrogen (secondary N) is 1. The Morgan fingerprint density at radius 3 is 2.32 bits per heavy atom. The third kappa shape index (κ3) is 6.15. The van der Waals surface area contributed by atoms with Crippen LogP contribution in [0.15, 0.2) is 82.8 Å². The van der Waals surface area contributed by atoms with Crippen molar-refractivity contribution in [1.29, 1.82) is 0 Å². The quantitative estimate of drug-likeness (QED) is 0.359. The first-order valence-corrected chi connectivity index (χ1v) is 11.6. The summed E-state index contributed by atoms with van der Waals surface area (Å²) in [5.74, 6) is -0.878. The molecule has 0 unspecified atom stereocenters. The second-order valence-corrected chi connectivity index (χ2v) is 9.46. The predicted molar refractivity (Wildman–Crippen MR) is 124 cm³/mol. The number of sulfonamides is 1. The van der Waals surface area contributed by atoms with Crippen LogP contribution in [0.1, 0.15) is 16.7 Å². The number of aryl methyl sites for hydroxylation is 1. The van der Waals surface area contributed by atoms with Crippen LogP contribution in [-0.4, -0.2) is 27.1 Å². The van der Waals surface area contributed by atoms with Gasteiger partial charge in [-0.1, -0.05) is 59.6 Å². The molecule has 0 atom stereocenters. The minimum absolute atomic E-state index is 0.223. The van der Waals surface area contributed by atoms with Crippen LogP contribution >= 0.6 is 11.6 Å². The van der Waals surface area contributed by atoms with Crippen molar-refractivity contribution >= 4 is 39.4 Å². The van der Waals surface area contributed by atoms with E-state index in [1.807, 2.05) is 19.1 Å². The molecule has 0 spiro atoms. The van der Waals surface area contributed by atoms with Crippen LogP contribution in [0.3, 0.4) is 0 Å². The van der Waals surface area contributed by atoms with Crippen LogP contribution in [0.25, 0.3) is 0 Å². The molecule has 0 aromatic heterocycles. The Hall–Kier alpha value is -3.37. The summed E-state index contributed by atoms with van der Waals surface area (Å²) < 4.78 is 66.9. The monoisotopic (exact) mass is 509 g/mol. The van der Waals surface area contributed by atoms with Gasteiger partial charge >= 0.3 is 6.18 Å². The standard InChI is InChI=1S/C23H19ClF3N3O3S/c1-16-7-9-17(10-8-16)14-28-29-22(31)15-30(34(32,33)19-5-3-2-4-6-19)21-13-18(23(25,26)27)11-12-20(21)24/h2-14H,15H2,1H3,(H,29,31)/b28-14+. The fourth-order valence-corrected chi connectivity index (χ4v) is 4.62. The van der Waals surface area contributed by atoms with Gasteiger partial charge in [0.05, 0.1) is 27.4 Å². The number of rotatable bonds is 7. The van der Waals surface area contributed by atoms with E-state index in [1.54, 1.807) is 18.2 Å². The minimum Gasteiger partial charge on any atom is -0.271 e. The molecular formula is C23H19ClF3N3O3S. The van der Waals surface area contributed by atoms with E-state index in [0.29, 0.717) is 15.9 Å². The van der Waals surface area contributed by atoms with Crippen molar-refractivity contribution in [2.24, 2.45) is 5.10 Å². The first-order chi connectivity index (χ1) is 16.0. The molecule has 34 heavy (non-hydrogen) atoms. The lowest BCUT2D eigenvalue weighted by Crippen LogP contribution is -2.40. The predicted octanol–water partition coefficient (Wildman–Crippen LogP) is 5.01. The molecule has 0 aliphatic heterocycles. The molecule has 0 aliphatic rings. The van der Waals surface area contributed by atoms with Crippen LogP contribution in [0.4, 0.5) is 18.9 Å². The summed E-state index contributed by atoms with van der Waals surface area (Å²) in [6, 6.07) is 16.5. The van der Waals surface area contributed by atoms with Gasteiger partial charge in [-0.05, 0) is 42.8 Å². The van der Waals surface area contributed by atoms with Crippen LogP contribution in [0.2, 0.25) is 5.02 Å². The highest BCUT2D eigenvalue weighted by Crippen LogP contribution is 2.37. The van der Waals surface area contributed by atoms with Gasteiger partial charge in [0.25, 0.3) is 15.9 Å². The minimum atomic E-state index is -4.75. The van der Waals surface area contributed by atoms with E-state index in [2.05, 4.69) is 10.5 Å². The Labute approximate surface area is 199 Å². The molecule has 3 rings (SSSR count). The molecule has 0 aliphatic carbocycles. The van der Waals surface area contributed by atoms with E-state index in [9.17, 15) is 26.4 Å². The summed E-state index contributed by atoms with van der Waals surface area (Å²) in [4.78, 5) is 12.3. The maximum Gasteiger partial charge on any atom is 0.416 e. The van der Waals surface area contributed by atoms with E-state index < -0.39 is 39.9 Å². The normalized spacial score (nSPS) is 12.0. The third-order valence-electron chi connectivity index (χ3n) is 4.64. The largest absolute Gasteiger partial charge is 0.416 e. The maximum atomic E-state index is 13.3. The fraction of sp³-hybridized carbons (Fsp3) is 0.130. The number of carbonyl (C=O) groups excluding carboxylic acids is 1. The number of carbonyl (C=O) groups is 1. The first-order valence-electron chi connectivity index (χ1n) is 9.81. The summed E-state index contributed by atoms with van der Waals surface area (Å²) in [6.45, 7) is 1.05. The Bertz CT molecular complexity index is 1300. The number of amides is 1. The molecule has 6 nitrogen and oxygen atoms in total. The first kappa shape index (κ1) is 25.3. The van der Waals surface area contributed by atoms with Gasteiger partial charge in [-0.15, -0.1) is 0 Å². The fourth-order valence-electron chi connectivity index (χ4n) is 2.90. The molecule has 1 amide bonds. The Morgan fingerprint density at radius 1 is 1.06 bits per heavy atom. The van der Waals surface area contributed by atoms with Crippen molar-refractivity contribution in [1.82, 2.24) is 5.43 Å². The summed E-state index contributed by atoms with van der Waals surface area (Å²) in [7, 11) is -4.45. The number of nitrogens with zero attached hydrogens (tertiary/aromatic N) is 2.